The van der Waals surface area contributed by atoms with Crippen LogP contribution in [0.25, 0.3) is 0 Å². The second-order valence-corrected chi connectivity index (χ2v) is 8.45. The predicted molar refractivity (Wildman–Crippen MR) is 116 cm³/mol. The van der Waals surface area contributed by atoms with E-state index in [4.69, 9.17) is 4.74 Å². The lowest BCUT2D eigenvalue weighted by Crippen LogP contribution is -2.57. The molecule has 1 fully saturated rings. The summed E-state index contributed by atoms with van der Waals surface area (Å²) < 4.78 is 5.41. The smallest absolute Gasteiger partial charge is 0.319 e. The molecule has 7 rings (SSSR count). The van der Waals surface area contributed by atoms with Gasteiger partial charge in [-0.05, 0) is 34.4 Å². The molecule has 158 valence electrons. The number of hydrogen-bond acceptors (Lipinski definition) is 4. The average Bonchev–Trinajstić information content (AvgIpc) is 3.09. The number of carboxylic acid groups (broad SMARTS) is 1. The third-order valence-electron chi connectivity index (χ3n) is 7.28. The number of carbonyl (C=O) groups is 3. The number of para-hydroxylation sites is 2. The van der Waals surface area contributed by atoms with Gasteiger partial charge in [0.05, 0.1) is 24.6 Å². The van der Waals surface area contributed by atoms with Crippen LogP contribution in [0.2, 0.25) is 0 Å². The average molecular weight is 425 g/mol. The summed E-state index contributed by atoms with van der Waals surface area (Å²) in [6.07, 6.45) is 0. The van der Waals surface area contributed by atoms with Crippen molar-refractivity contribution in [2.24, 2.45) is 11.8 Å². The van der Waals surface area contributed by atoms with Crippen molar-refractivity contribution in [1.82, 2.24) is 0 Å². The van der Waals surface area contributed by atoms with Crippen LogP contribution in [0.5, 0.6) is 5.75 Å². The van der Waals surface area contributed by atoms with Gasteiger partial charge in [-0.25, -0.2) is 4.90 Å². The Kier molecular flexibility index (Phi) is 3.70. The minimum Gasteiger partial charge on any atom is -0.495 e. The van der Waals surface area contributed by atoms with Crippen LogP contribution in [-0.4, -0.2) is 30.0 Å². The second-order valence-electron chi connectivity index (χ2n) is 8.45. The molecule has 0 aromatic heterocycles. The molecular weight excluding hydrogens is 406 g/mol. The van der Waals surface area contributed by atoms with Gasteiger partial charge in [0.1, 0.15) is 11.2 Å². The van der Waals surface area contributed by atoms with Crippen LogP contribution in [0.1, 0.15) is 28.2 Å². The maximum Gasteiger partial charge on any atom is 0.319 e. The second kappa shape index (κ2) is 6.29. The largest absolute Gasteiger partial charge is 0.495 e. The molecule has 2 amide bonds. The fraction of sp³-hybridized carbons (Fsp3) is 0.192. The SMILES string of the molecule is COc1ccccc1N1C(=O)C2C3c4ccccc4C(C(=O)O)(c4ccccc43)C2C1=O. The van der Waals surface area contributed by atoms with Crippen LogP contribution >= 0.6 is 0 Å². The van der Waals surface area contributed by atoms with Crippen molar-refractivity contribution in [2.75, 3.05) is 12.0 Å². The zero-order valence-electron chi connectivity index (χ0n) is 17.2. The lowest BCUT2D eigenvalue weighted by atomic mass is 9.47. The first-order chi connectivity index (χ1) is 15.5. The number of rotatable bonds is 3. The Morgan fingerprint density at radius 2 is 1.44 bits per heavy atom. The molecule has 1 saturated heterocycles. The van der Waals surface area contributed by atoms with Gasteiger partial charge in [0.25, 0.3) is 0 Å². The highest BCUT2D eigenvalue weighted by atomic mass is 16.5. The number of anilines is 1. The molecule has 1 aliphatic heterocycles. The van der Waals surface area contributed by atoms with Gasteiger partial charge in [0.2, 0.25) is 11.8 Å². The highest BCUT2D eigenvalue weighted by molar-refractivity contribution is 6.25. The summed E-state index contributed by atoms with van der Waals surface area (Å²) in [7, 11) is 1.48. The van der Waals surface area contributed by atoms with Gasteiger partial charge in [-0.1, -0.05) is 60.7 Å². The van der Waals surface area contributed by atoms with E-state index in [-0.39, 0.29) is 11.8 Å². The maximum absolute atomic E-state index is 13.9. The monoisotopic (exact) mass is 425 g/mol. The molecule has 6 nitrogen and oxygen atoms in total. The van der Waals surface area contributed by atoms with Gasteiger partial charge in [0.15, 0.2) is 0 Å². The first-order valence-electron chi connectivity index (χ1n) is 10.5. The number of amides is 2. The maximum atomic E-state index is 13.9. The molecular formula is C26H19NO5. The number of carboxylic acids is 1. The fourth-order valence-corrected chi connectivity index (χ4v) is 6.19. The number of benzene rings is 3. The first-order valence-corrected chi connectivity index (χ1v) is 10.5. The third kappa shape index (κ3) is 1.98. The molecule has 2 unspecified atom stereocenters. The summed E-state index contributed by atoms with van der Waals surface area (Å²) in [6.45, 7) is 0. The van der Waals surface area contributed by atoms with Crippen molar-refractivity contribution < 1.29 is 24.2 Å². The fourth-order valence-electron chi connectivity index (χ4n) is 6.19. The molecule has 1 heterocycles. The van der Waals surface area contributed by atoms with E-state index in [0.717, 1.165) is 16.0 Å². The Bertz CT molecular complexity index is 1280. The van der Waals surface area contributed by atoms with Crippen LogP contribution in [0, 0.1) is 11.8 Å². The Balaban J connectivity index is 1.67. The van der Waals surface area contributed by atoms with E-state index in [1.165, 1.54) is 7.11 Å². The van der Waals surface area contributed by atoms with Gasteiger partial charge in [-0.3, -0.25) is 14.4 Å². The summed E-state index contributed by atoms with van der Waals surface area (Å²) in [6, 6.07) is 21.4. The summed E-state index contributed by atoms with van der Waals surface area (Å²) in [5.74, 6) is -3.83. The quantitative estimate of drug-likeness (QED) is 0.651. The molecule has 3 aromatic carbocycles. The number of nitrogens with zero attached hydrogens (tertiary/aromatic N) is 1. The molecule has 2 atom stereocenters. The molecule has 1 N–H and O–H groups in total. The van der Waals surface area contributed by atoms with Crippen LogP contribution < -0.4 is 9.64 Å². The van der Waals surface area contributed by atoms with E-state index < -0.39 is 29.1 Å². The third-order valence-corrected chi connectivity index (χ3v) is 7.28. The normalized spacial score (nSPS) is 27.0. The zero-order chi connectivity index (χ0) is 22.2. The molecule has 3 aliphatic carbocycles. The van der Waals surface area contributed by atoms with Crippen LogP contribution in [-0.2, 0) is 19.8 Å². The molecule has 4 aliphatic rings. The molecule has 0 radical (unpaired) electrons. The topological polar surface area (TPSA) is 83.9 Å². The van der Waals surface area contributed by atoms with Gasteiger partial charge >= 0.3 is 5.97 Å². The van der Waals surface area contributed by atoms with Crippen molar-refractivity contribution in [1.29, 1.82) is 0 Å². The van der Waals surface area contributed by atoms with E-state index in [2.05, 4.69) is 0 Å². The van der Waals surface area contributed by atoms with Gasteiger partial charge < -0.3 is 9.84 Å². The minimum absolute atomic E-state index is 0.340. The minimum atomic E-state index is -1.63. The summed E-state index contributed by atoms with van der Waals surface area (Å²) in [5.41, 5.74) is 1.51. The summed E-state index contributed by atoms with van der Waals surface area (Å²) in [4.78, 5) is 42.0. The molecule has 0 spiro atoms. The molecule has 0 saturated carbocycles. The predicted octanol–water partition coefficient (Wildman–Crippen LogP) is 3.33. The van der Waals surface area contributed by atoms with Crippen molar-refractivity contribution >= 4 is 23.5 Å². The van der Waals surface area contributed by atoms with Crippen molar-refractivity contribution in [3.63, 3.8) is 0 Å². The van der Waals surface area contributed by atoms with E-state index in [1.54, 1.807) is 48.5 Å². The van der Waals surface area contributed by atoms with Gasteiger partial charge in [0, 0.05) is 5.92 Å². The molecule has 6 heteroatoms. The van der Waals surface area contributed by atoms with Crippen LogP contribution in [0.4, 0.5) is 5.69 Å². The van der Waals surface area contributed by atoms with Crippen LogP contribution in [0.15, 0.2) is 72.8 Å². The molecule has 3 aromatic rings. The number of methoxy groups -OCH3 is 1. The van der Waals surface area contributed by atoms with Crippen molar-refractivity contribution in [3.8, 4) is 5.75 Å². The Morgan fingerprint density at radius 3 is 2.03 bits per heavy atom. The number of imide groups is 1. The standard InChI is InChI=1S/C26H19NO5/c1-32-19-13-7-6-12-18(19)27-23(28)21-20-14-8-2-4-10-16(14)26(25(30)31,22(21)24(27)29)17-11-5-3-9-15(17)20/h2-13,20-22H,1H3,(H,30,31). The number of carbonyl (C=O) groups excluding carboxylic acids is 2. The summed E-state index contributed by atoms with van der Waals surface area (Å²) >= 11 is 0. The van der Waals surface area contributed by atoms with E-state index in [1.807, 2.05) is 24.3 Å². The van der Waals surface area contributed by atoms with E-state index >= 15 is 0 Å². The van der Waals surface area contributed by atoms with Crippen molar-refractivity contribution in [2.45, 2.75) is 11.3 Å². The highest BCUT2D eigenvalue weighted by Gasteiger charge is 2.71. The van der Waals surface area contributed by atoms with E-state index in [0.29, 0.717) is 22.6 Å². The Hall–Kier alpha value is -3.93. The lowest BCUT2D eigenvalue weighted by molar-refractivity contribution is -0.149. The Morgan fingerprint density at radius 1 is 0.875 bits per heavy atom. The van der Waals surface area contributed by atoms with Crippen LogP contribution in [0.3, 0.4) is 0 Å². The molecule has 2 bridgehead atoms. The first kappa shape index (κ1) is 18.8. The Labute approximate surface area is 184 Å². The van der Waals surface area contributed by atoms with E-state index in [9.17, 15) is 19.5 Å². The van der Waals surface area contributed by atoms with Gasteiger partial charge in [-0.2, -0.15) is 0 Å². The van der Waals surface area contributed by atoms with Gasteiger partial charge in [-0.15, -0.1) is 0 Å². The lowest BCUT2D eigenvalue weighted by Gasteiger charge is -2.51. The van der Waals surface area contributed by atoms with Crippen molar-refractivity contribution in [3.05, 3.63) is 95.1 Å². The summed E-state index contributed by atoms with van der Waals surface area (Å²) in [5, 5.41) is 10.7. The number of hydrogen-bond donors (Lipinski definition) is 1. The highest BCUT2D eigenvalue weighted by Crippen LogP contribution is 2.64. The number of aliphatic carboxylic acids is 1. The zero-order valence-corrected chi connectivity index (χ0v) is 17.2. The number of ether oxygens (including phenoxy) is 1. The molecule has 32 heavy (non-hydrogen) atoms.